The highest BCUT2D eigenvalue weighted by molar-refractivity contribution is 6.36. The molecule has 0 saturated carbocycles. The summed E-state index contributed by atoms with van der Waals surface area (Å²) in [5, 5.41) is 2.48. The first-order chi connectivity index (χ1) is 24.8. The van der Waals surface area contributed by atoms with Gasteiger partial charge in [0.25, 0.3) is 0 Å². The molecule has 0 unspecified atom stereocenters. The predicted octanol–water partition coefficient (Wildman–Crippen LogP) is 6.44. The molecular formula is C38H37ClF2N8O2. The van der Waals surface area contributed by atoms with Gasteiger partial charge in [0.2, 0.25) is 5.91 Å². The molecule has 13 heteroatoms. The fraction of sp³-hybridized carbons (Fsp3) is 0.368. The van der Waals surface area contributed by atoms with E-state index in [9.17, 15) is 9.18 Å². The van der Waals surface area contributed by atoms with Crippen LogP contribution in [0.3, 0.4) is 0 Å². The van der Waals surface area contributed by atoms with Gasteiger partial charge in [0, 0.05) is 73.6 Å². The van der Waals surface area contributed by atoms with Gasteiger partial charge < -0.3 is 14.5 Å². The fourth-order valence-corrected chi connectivity index (χ4v) is 8.12. The normalized spacial score (nSPS) is 21.1. The number of halogens is 3. The second-order valence-electron chi connectivity index (χ2n) is 13.5. The lowest BCUT2D eigenvalue weighted by molar-refractivity contribution is -0.125. The zero-order valence-corrected chi connectivity index (χ0v) is 29.0. The third-order valence-corrected chi connectivity index (χ3v) is 10.6. The Morgan fingerprint density at radius 2 is 1.90 bits per heavy atom. The first-order valence-corrected chi connectivity index (χ1v) is 17.7. The van der Waals surface area contributed by atoms with Crippen LogP contribution in [0.5, 0.6) is 6.01 Å². The quantitative estimate of drug-likeness (QED) is 0.177. The Kier molecular flexibility index (Phi) is 8.97. The Balaban J connectivity index is 1.14. The van der Waals surface area contributed by atoms with Crippen LogP contribution in [-0.4, -0.2) is 98.2 Å². The van der Waals surface area contributed by atoms with Crippen LogP contribution in [-0.2, 0) is 4.79 Å². The Morgan fingerprint density at radius 3 is 2.76 bits per heavy atom. The third-order valence-electron chi connectivity index (χ3n) is 10.3. The first-order valence-electron chi connectivity index (χ1n) is 17.4. The van der Waals surface area contributed by atoms with Gasteiger partial charge in [-0.15, -0.1) is 0 Å². The summed E-state index contributed by atoms with van der Waals surface area (Å²) in [4.78, 5) is 41.7. The van der Waals surface area contributed by atoms with Crippen LogP contribution in [0.4, 0.5) is 14.6 Å². The number of alkyl halides is 1. The molecule has 8 rings (SSSR count). The summed E-state index contributed by atoms with van der Waals surface area (Å²) < 4.78 is 37.7. The van der Waals surface area contributed by atoms with Crippen molar-refractivity contribution in [1.82, 2.24) is 34.7 Å². The summed E-state index contributed by atoms with van der Waals surface area (Å²) in [7, 11) is 0. The number of carbonyl (C=O) groups is 1. The highest BCUT2D eigenvalue weighted by Gasteiger charge is 2.49. The van der Waals surface area contributed by atoms with Crippen molar-refractivity contribution in [2.75, 3.05) is 50.8 Å². The third kappa shape index (κ3) is 6.46. The van der Waals surface area contributed by atoms with Gasteiger partial charge in [0.1, 0.15) is 35.6 Å². The van der Waals surface area contributed by atoms with Gasteiger partial charge in [0.05, 0.1) is 16.6 Å². The van der Waals surface area contributed by atoms with Crippen LogP contribution in [0.2, 0.25) is 5.02 Å². The maximum atomic E-state index is 16.8. The topological polar surface area (TPSA) is 100 Å². The van der Waals surface area contributed by atoms with E-state index in [1.54, 1.807) is 48.5 Å². The average Bonchev–Trinajstić information content (AvgIpc) is 3.53. The van der Waals surface area contributed by atoms with E-state index in [0.717, 1.165) is 24.8 Å². The largest absolute Gasteiger partial charge is 0.461 e. The van der Waals surface area contributed by atoms with Crippen molar-refractivity contribution in [1.29, 1.82) is 0 Å². The van der Waals surface area contributed by atoms with Crippen molar-refractivity contribution < 1.29 is 18.3 Å². The molecular weight excluding hydrogens is 674 g/mol. The number of amides is 1. The number of rotatable bonds is 7. The number of fused-ring (bicyclic) bond motifs is 3. The average molecular weight is 711 g/mol. The lowest BCUT2D eigenvalue weighted by Gasteiger charge is -2.31. The summed E-state index contributed by atoms with van der Waals surface area (Å²) in [5.74, 6) is 0.361. The molecule has 0 N–H and O–H groups in total. The molecule has 0 radical (unpaired) electrons. The summed E-state index contributed by atoms with van der Waals surface area (Å²) in [6.45, 7) is 5.19. The van der Waals surface area contributed by atoms with E-state index >= 15 is 4.39 Å². The van der Waals surface area contributed by atoms with Crippen LogP contribution in [0.1, 0.15) is 37.2 Å². The lowest BCUT2D eigenvalue weighted by Crippen LogP contribution is -2.43. The maximum absolute atomic E-state index is 16.8. The van der Waals surface area contributed by atoms with E-state index in [2.05, 4.69) is 24.8 Å². The van der Waals surface area contributed by atoms with Gasteiger partial charge in [-0.3, -0.25) is 14.7 Å². The number of aromatic nitrogens is 5. The van der Waals surface area contributed by atoms with E-state index in [4.69, 9.17) is 21.3 Å². The molecule has 2 aromatic carbocycles. The molecule has 2 atom stereocenters. The van der Waals surface area contributed by atoms with E-state index in [-0.39, 0.29) is 29.7 Å². The molecule has 10 nitrogen and oxygen atoms in total. The summed E-state index contributed by atoms with van der Waals surface area (Å²) in [6, 6.07) is 12.9. The minimum Gasteiger partial charge on any atom is -0.461 e. The summed E-state index contributed by atoms with van der Waals surface area (Å²) in [5.41, 5.74) is 0.967. The number of hydrogen-bond donors (Lipinski definition) is 0. The number of aryl methyl sites for hydroxylation is 1. The van der Waals surface area contributed by atoms with Crippen molar-refractivity contribution in [2.45, 2.75) is 44.3 Å². The van der Waals surface area contributed by atoms with Crippen LogP contribution in [0.15, 0.2) is 60.9 Å². The van der Waals surface area contributed by atoms with Gasteiger partial charge in [-0.05, 0) is 56.3 Å². The van der Waals surface area contributed by atoms with Crippen LogP contribution in [0, 0.1) is 12.7 Å². The molecule has 0 bridgehead atoms. The lowest BCUT2D eigenvalue weighted by atomic mass is 9.95. The maximum Gasteiger partial charge on any atom is 0.319 e. The Bertz CT molecular complexity index is 2160. The first kappa shape index (κ1) is 33.3. The van der Waals surface area contributed by atoms with Crippen molar-refractivity contribution in [2.24, 2.45) is 0 Å². The van der Waals surface area contributed by atoms with Crippen molar-refractivity contribution >= 4 is 51.1 Å². The van der Waals surface area contributed by atoms with Crippen molar-refractivity contribution in [3.63, 3.8) is 0 Å². The highest BCUT2D eigenvalue weighted by atomic mass is 35.5. The van der Waals surface area contributed by atoms with E-state index in [0.29, 0.717) is 84.3 Å². The van der Waals surface area contributed by atoms with Gasteiger partial charge in [-0.1, -0.05) is 41.9 Å². The second-order valence-corrected chi connectivity index (χ2v) is 14.0. The number of hydrogen-bond acceptors (Lipinski definition) is 9. The molecule has 6 heterocycles. The highest BCUT2D eigenvalue weighted by Crippen LogP contribution is 2.41. The van der Waals surface area contributed by atoms with Crippen LogP contribution in [0.25, 0.3) is 39.0 Å². The SMILES string of the molecule is Cc1nccc(/C=C/C(=O)N2CCCN(c3nc(OC[C@@]45CCCN4C[C@H](F)C5)nc4c(F)c(-c5cccc6cccc(Cl)c56)ncc34)CC2)n1. The Morgan fingerprint density at radius 1 is 1.04 bits per heavy atom. The van der Waals surface area contributed by atoms with Gasteiger partial charge >= 0.3 is 6.01 Å². The van der Waals surface area contributed by atoms with Gasteiger partial charge in [-0.2, -0.15) is 9.97 Å². The van der Waals surface area contributed by atoms with Gasteiger partial charge in [0.15, 0.2) is 5.82 Å². The molecule has 3 fully saturated rings. The Hall–Kier alpha value is -4.81. The van der Waals surface area contributed by atoms with Gasteiger partial charge in [-0.25, -0.2) is 18.7 Å². The number of pyridine rings is 1. The van der Waals surface area contributed by atoms with Crippen molar-refractivity contribution in [3.05, 3.63) is 83.3 Å². The molecule has 3 saturated heterocycles. The Labute approximate surface area is 299 Å². The van der Waals surface area contributed by atoms with E-state index in [1.165, 1.54) is 6.08 Å². The molecule has 3 aromatic heterocycles. The number of nitrogens with zero attached hydrogens (tertiary/aromatic N) is 8. The molecule has 3 aliphatic heterocycles. The summed E-state index contributed by atoms with van der Waals surface area (Å²) >= 11 is 6.63. The van der Waals surface area contributed by atoms with E-state index in [1.807, 2.05) is 29.2 Å². The van der Waals surface area contributed by atoms with Crippen LogP contribution < -0.4 is 9.64 Å². The monoisotopic (exact) mass is 710 g/mol. The molecule has 1 amide bonds. The molecule has 51 heavy (non-hydrogen) atoms. The number of anilines is 1. The predicted molar refractivity (Wildman–Crippen MR) is 193 cm³/mol. The van der Waals surface area contributed by atoms with Crippen molar-refractivity contribution in [3.8, 4) is 17.3 Å². The smallest absolute Gasteiger partial charge is 0.319 e. The number of ether oxygens (including phenoxy) is 1. The fourth-order valence-electron chi connectivity index (χ4n) is 7.83. The molecule has 0 aliphatic carbocycles. The molecule has 3 aliphatic rings. The van der Waals surface area contributed by atoms with E-state index < -0.39 is 17.5 Å². The summed E-state index contributed by atoms with van der Waals surface area (Å²) in [6.07, 6.45) is 8.40. The zero-order valence-electron chi connectivity index (χ0n) is 28.2. The molecule has 262 valence electrons. The molecule has 5 aromatic rings. The van der Waals surface area contributed by atoms with Crippen LogP contribution >= 0.6 is 11.6 Å². The zero-order chi connectivity index (χ0) is 35.1. The standard InChI is InChI=1S/C38H37ClF2N8O2/c1-24-42-14-12-27(44-24)10-11-31(50)47-15-5-16-48(19-18-47)36-29-21-43-34(28-8-2-6-25-7-3-9-30(39)32(25)28)33(41)35(29)45-37(46-36)51-23-38-13-4-17-49(38)22-26(40)20-38/h2-3,6-12,14,21,26H,4-5,13,15-20,22-23H2,1H3/b11-10+/t26-,38+/m1/s1. The number of carbonyl (C=O) groups excluding carboxylic acids is 1. The number of benzene rings is 2. The molecule has 0 spiro atoms. The minimum atomic E-state index is -0.914. The minimum absolute atomic E-state index is 0.0216. The second kappa shape index (κ2) is 13.7.